The second kappa shape index (κ2) is 10.0. The fourth-order valence-electron chi connectivity index (χ4n) is 4.12. The molecule has 0 unspecified atom stereocenters. The molecule has 3 rings (SSSR count). The summed E-state index contributed by atoms with van der Waals surface area (Å²) >= 11 is 0. The van der Waals surface area contributed by atoms with Gasteiger partial charge in [-0.2, -0.15) is 0 Å². The topological polar surface area (TPSA) is 74.4 Å². The van der Waals surface area contributed by atoms with Crippen LogP contribution in [0.1, 0.15) is 57.6 Å². The number of aryl methyl sites for hydroxylation is 1. The van der Waals surface area contributed by atoms with Gasteiger partial charge in [-0.1, -0.05) is 51.8 Å². The van der Waals surface area contributed by atoms with E-state index in [0.717, 1.165) is 47.0 Å². The molecule has 2 N–H and O–H groups in total. The molecule has 0 spiro atoms. The van der Waals surface area contributed by atoms with Gasteiger partial charge in [-0.3, -0.25) is 4.79 Å². The first-order valence-electron chi connectivity index (χ1n) is 11.2. The molecule has 1 heterocycles. The minimum absolute atomic E-state index is 0.0132. The van der Waals surface area contributed by atoms with Crippen LogP contribution in [0.25, 0.3) is 22.2 Å². The van der Waals surface area contributed by atoms with Gasteiger partial charge in [-0.15, -0.1) is 0 Å². The molecule has 0 saturated heterocycles. The molecule has 1 aromatic heterocycles. The Labute approximate surface area is 190 Å². The van der Waals surface area contributed by atoms with E-state index in [4.69, 9.17) is 20.2 Å². The number of carbonyl (C=O) groups is 1. The van der Waals surface area contributed by atoms with Crippen molar-refractivity contribution < 1.29 is 14.3 Å². The number of primary amides is 1. The van der Waals surface area contributed by atoms with Crippen molar-refractivity contribution in [2.24, 2.45) is 5.73 Å². The van der Waals surface area contributed by atoms with E-state index >= 15 is 0 Å². The molecule has 5 nitrogen and oxygen atoms in total. The normalized spacial score (nSPS) is 11.5. The summed E-state index contributed by atoms with van der Waals surface area (Å²) in [6.45, 7) is 6.71. The third kappa shape index (κ3) is 5.04. The molecule has 32 heavy (non-hydrogen) atoms. The Bertz CT molecular complexity index is 1080. The maximum atomic E-state index is 11.5. The Morgan fingerprint density at radius 2 is 1.72 bits per heavy atom. The molecule has 5 heteroatoms. The van der Waals surface area contributed by atoms with E-state index in [1.807, 2.05) is 24.3 Å². The number of carbonyl (C=O) groups excluding carboxylic acids is 1. The number of rotatable bonds is 10. The van der Waals surface area contributed by atoms with E-state index < -0.39 is 0 Å². The van der Waals surface area contributed by atoms with E-state index in [1.165, 1.54) is 5.56 Å². The summed E-state index contributed by atoms with van der Waals surface area (Å²) in [6.07, 6.45) is 4.13. The van der Waals surface area contributed by atoms with Gasteiger partial charge in [-0.05, 0) is 53.6 Å². The van der Waals surface area contributed by atoms with Crippen LogP contribution < -0.4 is 15.2 Å². The molecular weight excluding hydrogens is 400 g/mol. The SMILES string of the molecule is CCCCC(C)(C)c1cc(OC)c(-c2nc3ccccc3cc2CCC(N)=O)c(OC)c1. The first-order valence-corrected chi connectivity index (χ1v) is 11.2. The van der Waals surface area contributed by atoms with Gasteiger partial charge in [-0.25, -0.2) is 4.98 Å². The van der Waals surface area contributed by atoms with Crippen LogP contribution in [-0.2, 0) is 16.6 Å². The van der Waals surface area contributed by atoms with Crippen LogP contribution in [0.15, 0.2) is 42.5 Å². The Balaban J connectivity index is 2.23. The standard InChI is InChI=1S/C27H34N2O3/c1-6-7-14-27(2,3)20-16-22(31-4)25(23(17-20)32-5)26-19(12-13-24(28)30)15-18-10-8-9-11-21(18)29-26/h8-11,15-17H,6-7,12-14H2,1-5H3,(H2,28,30). The van der Waals surface area contributed by atoms with Crippen molar-refractivity contribution in [3.63, 3.8) is 0 Å². The lowest BCUT2D eigenvalue weighted by molar-refractivity contribution is -0.117. The molecule has 0 fully saturated rings. The summed E-state index contributed by atoms with van der Waals surface area (Å²) in [5, 5.41) is 1.02. The number of aromatic nitrogens is 1. The number of ether oxygens (including phenoxy) is 2. The first-order chi connectivity index (χ1) is 15.3. The minimum Gasteiger partial charge on any atom is -0.496 e. The van der Waals surface area contributed by atoms with Crippen LogP contribution in [0, 0.1) is 0 Å². The quantitative estimate of drug-likeness (QED) is 0.437. The highest BCUT2D eigenvalue weighted by Crippen LogP contribution is 2.44. The fourth-order valence-corrected chi connectivity index (χ4v) is 4.12. The summed E-state index contributed by atoms with van der Waals surface area (Å²) in [5.41, 5.74) is 9.99. The van der Waals surface area contributed by atoms with Gasteiger partial charge in [0.2, 0.25) is 5.91 Å². The number of hydrogen-bond acceptors (Lipinski definition) is 4. The lowest BCUT2D eigenvalue weighted by atomic mass is 9.79. The molecule has 1 amide bonds. The Hall–Kier alpha value is -3.08. The number of nitrogens with two attached hydrogens (primary N) is 1. The Morgan fingerprint density at radius 1 is 1.06 bits per heavy atom. The Morgan fingerprint density at radius 3 is 2.31 bits per heavy atom. The summed E-state index contributed by atoms with van der Waals surface area (Å²) < 4.78 is 11.7. The lowest BCUT2D eigenvalue weighted by Gasteiger charge is -2.27. The first kappa shape index (κ1) is 23.6. The molecule has 0 aliphatic carbocycles. The molecule has 0 atom stereocenters. The van der Waals surface area contributed by atoms with Crippen molar-refractivity contribution in [3.05, 3.63) is 53.6 Å². The zero-order valence-corrected chi connectivity index (χ0v) is 19.8. The van der Waals surface area contributed by atoms with Crippen molar-refractivity contribution in [3.8, 4) is 22.8 Å². The van der Waals surface area contributed by atoms with Gasteiger partial charge >= 0.3 is 0 Å². The molecule has 0 bridgehead atoms. The average molecular weight is 435 g/mol. The van der Waals surface area contributed by atoms with E-state index in [1.54, 1.807) is 14.2 Å². The van der Waals surface area contributed by atoms with Gasteiger partial charge in [0.1, 0.15) is 11.5 Å². The highest BCUT2D eigenvalue weighted by molar-refractivity contribution is 5.87. The zero-order valence-electron chi connectivity index (χ0n) is 19.8. The highest BCUT2D eigenvalue weighted by atomic mass is 16.5. The summed E-state index contributed by atoms with van der Waals surface area (Å²) in [4.78, 5) is 16.5. The van der Waals surface area contributed by atoms with Crippen molar-refractivity contribution >= 4 is 16.8 Å². The highest BCUT2D eigenvalue weighted by Gasteiger charge is 2.26. The lowest BCUT2D eigenvalue weighted by Crippen LogP contribution is -2.17. The van der Waals surface area contributed by atoms with Crippen molar-refractivity contribution in [1.29, 1.82) is 0 Å². The smallest absolute Gasteiger partial charge is 0.217 e. The van der Waals surface area contributed by atoms with E-state index in [0.29, 0.717) is 17.9 Å². The number of amides is 1. The largest absolute Gasteiger partial charge is 0.496 e. The monoisotopic (exact) mass is 434 g/mol. The summed E-state index contributed by atoms with van der Waals surface area (Å²) in [6, 6.07) is 14.2. The zero-order chi connectivity index (χ0) is 23.3. The maximum absolute atomic E-state index is 11.5. The Kier molecular flexibility index (Phi) is 7.39. The average Bonchev–Trinajstić information content (AvgIpc) is 2.79. The van der Waals surface area contributed by atoms with E-state index in [-0.39, 0.29) is 17.7 Å². The molecule has 0 saturated carbocycles. The van der Waals surface area contributed by atoms with Crippen molar-refractivity contribution in [2.45, 2.75) is 58.3 Å². The van der Waals surface area contributed by atoms with Gasteiger partial charge in [0.05, 0.1) is 31.0 Å². The number of nitrogens with zero attached hydrogens (tertiary/aromatic N) is 1. The molecule has 0 aliphatic rings. The van der Waals surface area contributed by atoms with Gasteiger partial charge in [0.25, 0.3) is 0 Å². The number of pyridine rings is 1. The molecular formula is C27H34N2O3. The minimum atomic E-state index is -0.337. The summed E-state index contributed by atoms with van der Waals surface area (Å²) in [5.74, 6) is 1.09. The van der Waals surface area contributed by atoms with Crippen molar-refractivity contribution in [1.82, 2.24) is 4.98 Å². The molecule has 170 valence electrons. The fraction of sp³-hybridized carbons (Fsp3) is 0.407. The van der Waals surface area contributed by atoms with E-state index in [2.05, 4.69) is 39.0 Å². The van der Waals surface area contributed by atoms with Gasteiger partial charge < -0.3 is 15.2 Å². The number of hydrogen-bond donors (Lipinski definition) is 1. The van der Waals surface area contributed by atoms with Crippen LogP contribution in [0.2, 0.25) is 0 Å². The molecule has 3 aromatic rings. The maximum Gasteiger partial charge on any atom is 0.217 e. The van der Waals surface area contributed by atoms with Crippen LogP contribution in [0.4, 0.5) is 0 Å². The number of fused-ring (bicyclic) bond motifs is 1. The van der Waals surface area contributed by atoms with E-state index in [9.17, 15) is 4.79 Å². The molecule has 0 radical (unpaired) electrons. The number of benzene rings is 2. The number of para-hydroxylation sites is 1. The van der Waals surface area contributed by atoms with Gasteiger partial charge in [0.15, 0.2) is 0 Å². The van der Waals surface area contributed by atoms with Crippen LogP contribution in [0.3, 0.4) is 0 Å². The third-order valence-electron chi connectivity index (χ3n) is 6.12. The third-order valence-corrected chi connectivity index (χ3v) is 6.12. The summed E-state index contributed by atoms with van der Waals surface area (Å²) in [7, 11) is 3.34. The number of methoxy groups -OCH3 is 2. The second-order valence-corrected chi connectivity index (χ2v) is 8.90. The molecule has 2 aromatic carbocycles. The van der Waals surface area contributed by atoms with Crippen LogP contribution >= 0.6 is 0 Å². The predicted octanol–water partition coefficient (Wildman–Crippen LogP) is 5.80. The predicted molar refractivity (Wildman–Crippen MR) is 130 cm³/mol. The van der Waals surface area contributed by atoms with Crippen LogP contribution in [0.5, 0.6) is 11.5 Å². The van der Waals surface area contributed by atoms with Crippen LogP contribution in [-0.4, -0.2) is 25.1 Å². The van der Waals surface area contributed by atoms with Gasteiger partial charge in [0, 0.05) is 11.8 Å². The number of unbranched alkanes of at least 4 members (excludes halogenated alkanes) is 1. The second-order valence-electron chi connectivity index (χ2n) is 8.90. The molecule has 0 aliphatic heterocycles. The van der Waals surface area contributed by atoms with Crippen molar-refractivity contribution in [2.75, 3.05) is 14.2 Å².